The van der Waals surface area contributed by atoms with Crippen LogP contribution in [0, 0.1) is 5.82 Å². The largest absolute Gasteiger partial charge is 0.378 e. The van der Waals surface area contributed by atoms with Crippen molar-refractivity contribution in [3.8, 4) is 0 Å². The number of ether oxygens (including phenoxy) is 1. The topological polar surface area (TPSA) is 58.6 Å². The van der Waals surface area contributed by atoms with Crippen molar-refractivity contribution in [3.63, 3.8) is 0 Å². The fraction of sp³-hybridized carbons (Fsp3) is 0.429. The molecule has 1 aromatic rings. The number of morpholine rings is 1. The second-order valence-electron chi connectivity index (χ2n) is 4.64. The van der Waals surface area contributed by atoms with Gasteiger partial charge in [0.15, 0.2) is 0 Å². The van der Waals surface area contributed by atoms with Crippen LogP contribution >= 0.6 is 0 Å². The SMILES string of the molecule is CC(NC(=O)c1ccc(F)cc1)C(=O)N1CCOCC1. The van der Waals surface area contributed by atoms with Gasteiger partial charge in [0.2, 0.25) is 5.91 Å². The first-order chi connectivity index (χ1) is 9.58. The van der Waals surface area contributed by atoms with E-state index in [-0.39, 0.29) is 11.8 Å². The predicted octanol–water partition coefficient (Wildman–Crippen LogP) is 0.803. The van der Waals surface area contributed by atoms with E-state index in [1.807, 2.05) is 0 Å². The van der Waals surface area contributed by atoms with Crippen LogP contribution in [0.1, 0.15) is 17.3 Å². The molecule has 1 unspecified atom stereocenters. The number of carbonyl (C=O) groups excluding carboxylic acids is 2. The van der Waals surface area contributed by atoms with Crippen LogP contribution in [-0.4, -0.2) is 49.1 Å². The summed E-state index contributed by atoms with van der Waals surface area (Å²) >= 11 is 0. The Morgan fingerprint density at radius 3 is 2.45 bits per heavy atom. The first-order valence-electron chi connectivity index (χ1n) is 6.51. The summed E-state index contributed by atoms with van der Waals surface area (Å²) in [5.74, 6) is -0.929. The number of carbonyl (C=O) groups is 2. The lowest BCUT2D eigenvalue weighted by Crippen LogP contribution is -2.50. The first kappa shape index (κ1) is 14.5. The lowest BCUT2D eigenvalue weighted by molar-refractivity contribution is -0.136. The number of hydrogen-bond donors (Lipinski definition) is 1. The first-order valence-corrected chi connectivity index (χ1v) is 6.51. The predicted molar refractivity (Wildman–Crippen MR) is 70.7 cm³/mol. The molecule has 2 amide bonds. The van der Waals surface area contributed by atoms with Gasteiger partial charge in [0, 0.05) is 18.7 Å². The molecule has 0 bridgehead atoms. The highest BCUT2D eigenvalue weighted by atomic mass is 19.1. The summed E-state index contributed by atoms with van der Waals surface area (Å²) < 4.78 is 18.0. The maximum atomic E-state index is 12.8. The highest BCUT2D eigenvalue weighted by molar-refractivity contribution is 5.97. The van der Waals surface area contributed by atoms with Gasteiger partial charge in [-0.15, -0.1) is 0 Å². The van der Waals surface area contributed by atoms with Crippen molar-refractivity contribution in [1.29, 1.82) is 0 Å². The van der Waals surface area contributed by atoms with E-state index in [9.17, 15) is 14.0 Å². The molecule has 0 aromatic heterocycles. The van der Waals surface area contributed by atoms with Crippen molar-refractivity contribution < 1.29 is 18.7 Å². The van der Waals surface area contributed by atoms with Crippen LogP contribution in [0.4, 0.5) is 4.39 Å². The van der Waals surface area contributed by atoms with Crippen LogP contribution in [0.25, 0.3) is 0 Å². The number of nitrogens with zero attached hydrogens (tertiary/aromatic N) is 1. The molecule has 0 saturated carbocycles. The molecule has 0 aliphatic carbocycles. The Balaban J connectivity index is 1.92. The Labute approximate surface area is 116 Å². The average Bonchev–Trinajstić information content (AvgIpc) is 2.48. The third-order valence-corrected chi connectivity index (χ3v) is 3.15. The molecule has 5 nitrogen and oxygen atoms in total. The quantitative estimate of drug-likeness (QED) is 0.891. The molecule has 2 rings (SSSR count). The molecule has 20 heavy (non-hydrogen) atoms. The summed E-state index contributed by atoms with van der Waals surface area (Å²) in [5.41, 5.74) is 0.327. The van der Waals surface area contributed by atoms with E-state index in [1.165, 1.54) is 24.3 Å². The molecular weight excluding hydrogens is 263 g/mol. The maximum Gasteiger partial charge on any atom is 0.251 e. The number of nitrogens with one attached hydrogen (secondary N) is 1. The van der Waals surface area contributed by atoms with E-state index in [0.717, 1.165) is 0 Å². The molecule has 1 aromatic carbocycles. The molecule has 0 spiro atoms. The van der Waals surface area contributed by atoms with E-state index in [0.29, 0.717) is 31.9 Å². The smallest absolute Gasteiger partial charge is 0.251 e. The zero-order chi connectivity index (χ0) is 14.5. The molecule has 1 atom stereocenters. The zero-order valence-electron chi connectivity index (χ0n) is 11.3. The normalized spacial score (nSPS) is 16.6. The molecule has 1 aliphatic heterocycles. The van der Waals surface area contributed by atoms with E-state index in [1.54, 1.807) is 11.8 Å². The Morgan fingerprint density at radius 2 is 1.85 bits per heavy atom. The van der Waals surface area contributed by atoms with Crippen LogP contribution in [0.5, 0.6) is 0 Å². The van der Waals surface area contributed by atoms with Gasteiger partial charge < -0.3 is 15.0 Å². The van der Waals surface area contributed by atoms with E-state index < -0.39 is 11.9 Å². The van der Waals surface area contributed by atoms with E-state index in [2.05, 4.69) is 5.32 Å². The van der Waals surface area contributed by atoms with Gasteiger partial charge in [0.1, 0.15) is 11.9 Å². The van der Waals surface area contributed by atoms with Gasteiger partial charge >= 0.3 is 0 Å². The Morgan fingerprint density at radius 1 is 1.25 bits per heavy atom. The summed E-state index contributed by atoms with van der Waals surface area (Å²) in [6, 6.07) is 4.57. The molecule has 108 valence electrons. The van der Waals surface area contributed by atoms with Crippen molar-refractivity contribution in [3.05, 3.63) is 35.6 Å². The minimum atomic E-state index is -0.620. The summed E-state index contributed by atoms with van der Waals surface area (Å²) in [7, 11) is 0. The summed E-state index contributed by atoms with van der Waals surface area (Å²) in [5, 5.41) is 2.62. The highest BCUT2D eigenvalue weighted by Gasteiger charge is 2.23. The van der Waals surface area contributed by atoms with E-state index in [4.69, 9.17) is 4.74 Å². The maximum absolute atomic E-state index is 12.8. The second-order valence-corrected chi connectivity index (χ2v) is 4.64. The summed E-state index contributed by atoms with van der Waals surface area (Å²) in [6.07, 6.45) is 0. The summed E-state index contributed by atoms with van der Waals surface area (Å²) in [6.45, 7) is 3.75. The van der Waals surface area contributed by atoms with Crippen molar-refractivity contribution in [1.82, 2.24) is 10.2 Å². The average molecular weight is 280 g/mol. The van der Waals surface area contributed by atoms with Crippen LogP contribution < -0.4 is 5.32 Å². The third kappa shape index (κ3) is 3.54. The zero-order valence-corrected chi connectivity index (χ0v) is 11.3. The molecule has 1 fully saturated rings. The number of benzene rings is 1. The number of rotatable bonds is 3. The number of halogens is 1. The molecule has 1 heterocycles. The van der Waals surface area contributed by atoms with Gasteiger partial charge in [0.25, 0.3) is 5.91 Å². The molecule has 1 aliphatic rings. The monoisotopic (exact) mass is 280 g/mol. The Bertz CT molecular complexity index is 484. The lowest BCUT2D eigenvalue weighted by atomic mass is 10.2. The van der Waals surface area contributed by atoms with Crippen LogP contribution in [-0.2, 0) is 9.53 Å². The van der Waals surface area contributed by atoms with Gasteiger partial charge in [-0.25, -0.2) is 4.39 Å². The van der Waals surface area contributed by atoms with Gasteiger partial charge in [0.05, 0.1) is 13.2 Å². The minimum absolute atomic E-state index is 0.135. The van der Waals surface area contributed by atoms with Crippen molar-refractivity contribution in [2.45, 2.75) is 13.0 Å². The van der Waals surface area contributed by atoms with Crippen LogP contribution in [0.3, 0.4) is 0 Å². The lowest BCUT2D eigenvalue weighted by Gasteiger charge is -2.29. The minimum Gasteiger partial charge on any atom is -0.378 e. The van der Waals surface area contributed by atoms with Gasteiger partial charge in [-0.2, -0.15) is 0 Å². The van der Waals surface area contributed by atoms with E-state index >= 15 is 0 Å². The molecular formula is C14H17FN2O3. The van der Waals surface area contributed by atoms with Crippen molar-refractivity contribution in [2.24, 2.45) is 0 Å². The van der Waals surface area contributed by atoms with Crippen molar-refractivity contribution in [2.75, 3.05) is 26.3 Å². The van der Waals surface area contributed by atoms with Crippen molar-refractivity contribution >= 4 is 11.8 Å². The summed E-state index contributed by atoms with van der Waals surface area (Å²) in [4.78, 5) is 25.7. The Kier molecular flexibility index (Phi) is 4.68. The second kappa shape index (κ2) is 6.47. The molecule has 0 radical (unpaired) electrons. The van der Waals surface area contributed by atoms with Crippen LogP contribution in [0.15, 0.2) is 24.3 Å². The van der Waals surface area contributed by atoms with Gasteiger partial charge in [-0.05, 0) is 31.2 Å². The molecule has 1 saturated heterocycles. The van der Waals surface area contributed by atoms with Crippen LogP contribution in [0.2, 0.25) is 0 Å². The van der Waals surface area contributed by atoms with Gasteiger partial charge in [-0.1, -0.05) is 0 Å². The standard InChI is InChI=1S/C14H17FN2O3/c1-10(14(19)17-6-8-20-9-7-17)16-13(18)11-2-4-12(15)5-3-11/h2-5,10H,6-9H2,1H3,(H,16,18). The fourth-order valence-corrected chi connectivity index (χ4v) is 2.00. The number of amides is 2. The molecule has 1 N–H and O–H groups in total. The number of hydrogen-bond acceptors (Lipinski definition) is 3. The highest BCUT2D eigenvalue weighted by Crippen LogP contribution is 2.05. The fourth-order valence-electron chi connectivity index (χ4n) is 2.00. The third-order valence-electron chi connectivity index (χ3n) is 3.15. The Hall–Kier alpha value is -1.95. The van der Waals surface area contributed by atoms with Gasteiger partial charge in [-0.3, -0.25) is 9.59 Å². The molecule has 6 heteroatoms.